The summed E-state index contributed by atoms with van der Waals surface area (Å²) >= 11 is 0. The van der Waals surface area contributed by atoms with Gasteiger partial charge in [-0.2, -0.15) is 0 Å². The Bertz CT molecular complexity index is 2290. The lowest BCUT2D eigenvalue weighted by Crippen LogP contribution is -2.68. The molecule has 0 spiro atoms. The van der Waals surface area contributed by atoms with Crippen LogP contribution in [0.25, 0.3) is 0 Å². The average Bonchev–Trinajstić information content (AvgIpc) is 0.784. The molecule has 9 aliphatic rings. The monoisotopic (exact) mass is 1390 g/mol. The Morgan fingerprint density at radius 3 is 0.766 bits per heavy atom. The smallest absolute Gasteiger partial charge is 0.187 e. The fourth-order valence-electron chi connectivity index (χ4n) is 11.8. The summed E-state index contributed by atoms with van der Waals surface area (Å²) in [6, 6.07) is 0. The Morgan fingerprint density at radius 2 is 0.457 bits per heavy atom. The molecule has 9 fully saturated rings. The molecule has 9 aliphatic heterocycles. The van der Waals surface area contributed by atoms with Gasteiger partial charge in [0.2, 0.25) is 0 Å². The van der Waals surface area contributed by atoms with Crippen molar-refractivity contribution in [2.75, 3.05) is 59.5 Å². The van der Waals surface area contributed by atoms with Crippen LogP contribution in [0.5, 0.6) is 0 Å². The molecule has 0 aromatic rings. The number of aliphatic hydroxyl groups excluding tert-OH is 26. The van der Waals surface area contributed by atoms with Gasteiger partial charge in [-0.1, -0.05) is 0 Å². The summed E-state index contributed by atoms with van der Waals surface area (Å²) in [7, 11) is 0. The molecule has 43 heteroatoms. The highest BCUT2D eigenvalue weighted by Gasteiger charge is 2.59. The van der Waals surface area contributed by atoms with Crippen LogP contribution in [0.2, 0.25) is 0 Å². The van der Waals surface area contributed by atoms with Crippen molar-refractivity contribution in [1.82, 2.24) is 0 Å². The molecule has 548 valence electrons. The number of hydrogen-bond acceptors (Lipinski definition) is 43. The number of aliphatic hydroxyl groups is 26. The second kappa shape index (κ2) is 32.9. The molecule has 0 saturated carbocycles. The van der Waals surface area contributed by atoms with Crippen LogP contribution in [0.4, 0.5) is 0 Å². The topological polar surface area (TPSA) is 683 Å². The van der Waals surface area contributed by atoms with Crippen LogP contribution < -0.4 is 0 Å². The molecular weight excluding hydrogens is 1300 g/mol. The van der Waals surface area contributed by atoms with Crippen molar-refractivity contribution in [3.63, 3.8) is 0 Å². The van der Waals surface area contributed by atoms with E-state index in [2.05, 4.69) is 0 Å². The summed E-state index contributed by atoms with van der Waals surface area (Å²) in [5, 5.41) is 280. The molecule has 42 atom stereocenters. The number of ether oxygens (including phenoxy) is 17. The van der Waals surface area contributed by atoms with E-state index < -0.39 is 318 Å². The van der Waals surface area contributed by atoms with Gasteiger partial charge in [0, 0.05) is 0 Å². The highest BCUT2D eigenvalue weighted by atomic mass is 16.8. The second-order valence-electron chi connectivity index (χ2n) is 24.0. The van der Waals surface area contributed by atoms with E-state index in [0.717, 1.165) is 0 Å². The zero-order valence-electron chi connectivity index (χ0n) is 49.2. The number of rotatable bonds is 22. The van der Waals surface area contributed by atoms with E-state index in [1.54, 1.807) is 0 Å². The van der Waals surface area contributed by atoms with Crippen LogP contribution >= 0.6 is 0 Å². The molecule has 9 heterocycles. The Hall–Kier alpha value is -1.72. The second-order valence-corrected chi connectivity index (χ2v) is 24.0. The van der Waals surface area contributed by atoms with Gasteiger partial charge >= 0.3 is 0 Å². The Morgan fingerprint density at radius 1 is 0.223 bits per heavy atom. The van der Waals surface area contributed by atoms with Crippen molar-refractivity contribution in [3.05, 3.63) is 0 Å². The third-order valence-corrected chi connectivity index (χ3v) is 17.5. The summed E-state index contributed by atoms with van der Waals surface area (Å²) in [5.74, 6) is 0. The predicted molar refractivity (Wildman–Crippen MR) is 279 cm³/mol. The van der Waals surface area contributed by atoms with E-state index in [1.165, 1.54) is 0 Å². The quantitative estimate of drug-likeness (QED) is 0.0479. The van der Waals surface area contributed by atoms with E-state index in [-0.39, 0.29) is 0 Å². The fourth-order valence-corrected chi connectivity index (χ4v) is 11.8. The van der Waals surface area contributed by atoms with Gasteiger partial charge in [0.1, 0.15) is 201 Å². The molecule has 94 heavy (non-hydrogen) atoms. The lowest BCUT2D eigenvalue weighted by molar-refractivity contribution is -0.399. The third kappa shape index (κ3) is 16.3. The third-order valence-electron chi connectivity index (χ3n) is 17.5. The van der Waals surface area contributed by atoms with Crippen molar-refractivity contribution >= 4 is 0 Å². The van der Waals surface area contributed by atoms with Crippen LogP contribution in [0, 0.1) is 0 Å². The van der Waals surface area contributed by atoms with Gasteiger partial charge in [0.15, 0.2) is 56.6 Å². The molecular formula is C51H86O43. The molecule has 0 aromatic heterocycles. The summed E-state index contributed by atoms with van der Waals surface area (Å²) < 4.78 is 95.8. The van der Waals surface area contributed by atoms with Crippen LogP contribution in [0.1, 0.15) is 0 Å². The summed E-state index contributed by atoms with van der Waals surface area (Å²) in [6.45, 7) is -7.51. The molecule has 0 aliphatic carbocycles. The van der Waals surface area contributed by atoms with Crippen LogP contribution in [-0.2, 0) is 80.5 Å². The highest BCUT2D eigenvalue weighted by Crippen LogP contribution is 2.38. The molecule has 9 rings (SSSR count). The Balaban J connectivity index is 0.911. The van der Waals surface area contributed by atoms with E-state index in [1.807, 2.05) is 0 Å². The number of hydrogen-bond donors (Lipinski definition) is 26. The van der Waals surface area contributed by atoms with Crippen LogP contribution in [0.15, 0.2) is 0 Å². The molecule has 0 bridgehead atoms. The maximum Gasteiger partial charge on any atom is 0.187 e. The standard InChI is InChI=1S/C51H86O43/c52-1-13-38(24(63)29(68)43(77)84-13)90-48-34(73)25(64)39(14(2-53)85-48)91-49-35(74)26(65)40(15(3-54)86-49)92-50-36(75)27(66)42(18(88-50)9-83-46-32(71)21(60)12(57)6-80-46)94-51-37(76)28(67)41(17(89-51)8-82-45-31(70)20(59)11(56)5-79-45)93-47-33(72)23(62)22(61)16(87-47)7-81-44-30(69)19(58)10(55)4-78-44/h10-77H,1-9H2/t10-,11-,12-,13-,14-,15-,16-,17-,18-,19+,20+,21+,22-,23+,24-,25-,26-,27-,28-,29-,30-,31-,32-,33-,34-,35-,36-,37-,38+,39-,40-,41-,42-,43?,44-,45-,46-,47+,48+,49+,50+,51+/m1/s1. The van der Waals surface area contributed by atoms with Crippen LogP contribution in [-0.4, -0.2) is 450 Å². The summed E-state index contributed by atoms with van der Waals surface area (Å²) in [5.41, 5.74) is 0. The molecule has 0 radical (unpaired) electrons. The minimum atomic E-state index is -2.40. The average molecular weight is 1390 g/mol. The van der Waals surface area contributed by atoms with Crippen molar-refractivity contribution in [2.45, 2.75) is 258 Å². The molecule has 0 amide bonds. The van der Waals surface area contributed by atoms with E-state index >= 15 is 0 Å². The van der Waals surface area contributed by atoms with Crippen molar-refractivity contribution in [3.8, 4) is 0 Å². The van der Waals surface area contributed by atoms with Crippen molar-refractivity contribution in [2.24, 2.45) is 0 Å². The van der Waals surface area contributed by atoms with Crippen molar-refractivity contribution < 1.29 is 213 Å². The molecule has 1 unspecified atom stereocenters. The van der Waals surface area contributed by atoms with Gasteiger partial charge in [-0.15, -0.1) is 0 Å². The normalized spacial score (nSPS) is 53.9. The molecule has 43 nitrogen and oxygen atoms in total. The van der Waals surface area contributed by atoms with Crippen molar-refractivity contribution in [1.29, 1.82) is 0 Å². The Kier molecular flexibility index (Phi) is 26.8. The van der Waals surface area contributed by atoms with Gasteiger partial charge in [-0.05, 0) is 0 Å². The zero-order valence-corrected chi connectivity index (χ0v) is 49.2. The van der Waals surface area contributed by atoms with Crippen LogP contribution in [0.3, 0.4) is 0 Å². The van der Waals surface area contributed by atoms with Gasteiger partial charge in [-0.25, -0.2) is 0 Å². The van der Waals surface area contributed by atoms with E-state index in [0.29, 0.717) is 0 Å². The van der Waals surface area contributed by atoms with Gasteiger partial charge in [0.25, 0.3) is 0 Å². The minimum Gasteiger partial charge on any atom is -0.394 e. The summed E-state index contributed by atoms with van der Waals surface area (Å²) in [4.78, 5) is 0. The molecule has 0 aromatic carbocycles. The SMILES string of the molecule is OC[C@H]1OC(O)[C@H](O)[C@@H](O)[C@H]1O[C@@H]1O[C@H](CO)[C@@H](O[C@@H]2O[C@H](CO)[C@@H](O[C@@H]3O[C@H](CO[C@H]4OC[C@@H](O)[C@H](O)[C@H]4O)[C@@H](O[C@@H]4O[C@H](CO[C@H]5OC[C@@H](O)[C@H](O)[C@H]5O)[C@@H](O[C@@H]5O[C@H](CO[C@H]6OC[C@@H](O)[C@H](O)[C@H]6O)[C@@H](O)[C@H](O)[C@H]5O)[C@H](O)[C@H]4O)[C@H](O)[C@H]3O)[C@H](O)[C@H]2O)[C@H](O)[C@H]1O. The van der Waals surface area contributed by atoms with Gasteiger partial charge < -0.3 is 213 Å². The first kappa shape index (κ1) is 76.5. The predicted octanol–water partition coefficient (Wildman–Crippen LogP) is -18.7. The van der Waals surface area contributed by atoms with Gasteiger partial charge in [-0.3, -0.25) is 0 Å². The van der Waals surface area contributed by atoms with Gasteiger partial charge in [0.05, 0.1) is 59.5 Å². The first-order valence-corrected chi connectivity index (χ1v) is 29.9. The summed E-state index contributed by atoms with van der Waals surface area (Å²) in [6.07, 6.45) is -83.1. The molecule has 9 saturated heterocycles. The first-order chi connectivity index (χ1) is 44.5. The lowest BCUT2D eigenvalue weighted by Gasteiger charge is -2.50. The fraction of sp³-hybridized carbons (Fsp3) is 1.00. The Labute approximate surface area is 530 Å². The first-order valence-electron chi connectivity index (χ1n) is 29.9. The minimum absolute atomic E-state index is 0.506. The zero-order chi connectivity index (χ0) is 68.6. The van der Waals surface area contributed by atoms with E-state index in [4.69, 9.17) is 80.5 Å². The molecule has 26 N–H and O–H groups in total. The van der Waals surface area contributed by atoms with E-state index in [9.17, 15) is 133 Å². The maximum atomic E-state index is 12.0. The maximum absolute atomic E-state index is 12.0. The highest BCUT2D eigenvalue weighted by molar-refractivity contribution is 5.01. The largest absolute Gasteiger partial charge is 0.394 e. The lowest BCUT2D eigenvalue weighted by atomic mass is 9.95.